The number of piperidine rings is 1. The molecule has 124 valence electrons. The Bertz CT molecular complexity index is 435. The largest absolute Gasteiger partial charge is 0.355 e. The van der Waals surface area contributed by atoms with Crippen molar-refractivity contribution < 1.29 is 8.42 Å². The number of guanidine groups is 1. The van der Waals surface area contributed by atoms with Crippen LogP contribution in [0.3, 0.4) is 0 Å². The van der Waals surface area contributed by atoms with Crippen molar-refractivity contribution in [2.45, 2.75) is 31.7 Å². The molecule has 0 radical (unpaired) electrons. The van der Waals surface area contributed by atoms with Gasteiger partial charge in [0.15, 0.2) is 15.8 Å². The first-order valence-electron chi connectivity index (χ1n) is 7.49. The highest BCUT2D eigenvalue weighted by molar-refractivity contribution is 14.0. The molecule has 0 amide bonds. The van der Waals surface area contributed by atoms with Crippen molar-refractivity contribution in [3.63, 3.8) is 0 Å². The van der Waals surface area contributed by atoms with Crippen molar-refractivity contribution in [1.82, 2.24) is 15.5 Å². The lowest BCUT2D eigenvalue weighted by molar-refractivity contribution is 0.232. The number of likely N-dealkylation sites (tertiary alicyclic amines) is 1. The number of halogens is 1. The number of nitrogens with one attached hydrogen (secondary N) is 2. The average molecular weight is 430 g/mol. The lowest BCUT2D eigenvalue weighted by Gasteiger charge is -2.26. The molecule has 0 aromatic heterocycles. The van der Waals surface area contributed by atoms with E-state index in [4.69, 9.17) is 0 Å². The molecule has 2 aliphatic heterocycles. The summed E-state index contributed by atoms with van der Waals surface area (Å²) in [5.74, 6) is 1.22. The third kappa shape index (κ3) is 6.68. The molecule has 0 aromatic rings. The molecule has 21 heavy (non-hydrogen) atoms. The van der Waals surface area contributed by atoms with E-state index in [9.17, 15) is 8.42 Å². The van der Waals surface area contributed by atoms with Gasteiger partial charge in [-0.15, -0.1) is 24.0 Å². The fourth-order valence-corrected chi connectivity index (χ4v) is 4.49. The molecule has 0 aliphatic carbocycles. The SMILES string of the molecule is CN=C(NCCN1CCCCC1)NC1CCS(=O)(=O)C1.I. The van der Waals surface area contributed by atoms with Crippen LogP contribution in [-0.4, -0.2) is 70.1 Å². The molecular formula is C13H27IN4O2S. The Hall–Kier alpha value is -0.0900. The van der Waals surface area contributed by atoms with Crippen molar-refractivity contribution in [2.24, 2.45) is 4.99 Å². The summed E-state index contributed by atoms with van der Waals surface area (Å²) in [4.78, 5) is 6.63. The van der Waals surface area contributed by atoms with Crippen LogP contribution in [0.15, 0.2) is 4.99 Å². The Labute approximate surface area is 145 Å². The van der Waals surface area contributed by atoms with Crippen LogP contribution >= 0.6 is 24.0 Å². The smallest absolute Gasteiger partial charge is 0.191 e. The maximum atomic E-state index is 11.4. The molecule has 1 unspecified atom stereocenters. The van der Waals surface area contributed by atoms with E-state index in [1.807, 2.05) is 0 Å². The second-order valence-corrected chi connectivity index (χ2v) is 7.87. The third-order valence-electron chi connectivity index (χ3n) is 3.97. The van der Waals surface area contributed by atoms with E-state index >= 15 is 0 Å². The average Bonchev–Trinajstić information content (AvgIpc) is 2.78. The van der Waals surface area contributed by atoms with Crippen LogP contribution in [0.1, 0.15) is 25.7 Å². The zero-order valence-electron chi connectivity index (χ0n) is 12.7. The van der Waals surface area contributed by atoms with E-state index in [0.717, 1.165) is 13.1 Å². The zero-order chi connectivity index (χ0) is 14.4. The van der Waals surface area contributed by atoms with Crippen LogP contribution in [0.5, 0.6) is 0 Å². The van der Waals surface area contributed by atoms with Gasteiger partial charge < -0.3 is 15.5 Å². The number of hydrogen-bond donors (Lipinski definition) is 2. The predicted molar refractivity (Wildman–Crippen MR) is 97.3 cm³/mol. The van der Waals surface area contributed by atoms with Gasteiger partial charge in [0.05, 0.1) is 11.5 Å². The second kappa shape index (κ2) is 9.14. The summed E-state index contributed by atoms with van der Waals surface area (Å²) in [5, 5.41) is 6.47. The van der Waals surface area contributed by atoms with Crippen molar-refractivity contribution >= 4 is 39.8 Å². The summed E-state index contributed by atoms with van der Waals surface area (Å²) in [6, 6.07) is 0.00110. The first kappa shape index (κ1) is 19.0. The molecule has 2 heterocycles. The lowest BCUT2D eigenvalue weighted by atomic mass is 10.1. The van der Waals surface area contributed by atoms with Crippen LogP contribution in [-0.2, 0) is 9.84 Å². The molecule has 0 bridgehead atoms. The highest BCUT2D eigenvalue weighted by Gasteiger charge is 2.28. The van der Waals surface area contributed by atoms with Crippen LogP contribution in [0, 0.1) is 0 Å². The van der Waals surface area contributed by atoms with E-state index in [0.29, 0.717) is 12.4 Å². The normalized spacial score (nSPS) is 26.1. The van der Waals surface area contributed by atoms with E-state index in [-0.39, 0.29) is 41.5 Å². The number of hydrogen-bond acceptors (Lipinski definition) is 4. The Morgan fingerprint density at radius 1 is 1.29 bits per heavy atom. The Kier molecular flexibility index (Phi) is 8.25. The molecule has 2 fully saturated rings. The van der Waals surface area contributed by atoms with E-state index in [1.54, 1.807) is 7.05 Å². The lowest BCUT2D eigenvalue weighted by Crippen LogP contribution is -2.46. The highest BCUT2D eigenvalue weighted by atomic mass is 127. The van der Waals surface area contributed by atoms with Crippen molar-refractivity contribution in [2.75, 3.05) is 44.7 Å². The summed E-state index contributed by atoms with van der Waals surface area (Å²) in [6.07, 6.45) is 4.62. The minimum atomic E-state index is -2.84. The molecule has 1 atom stereocenters. The minimum absolute atomic E-state index is 0. The van der Waals surface area contributed by atoms with Gasteiger partial charge in [0, 0.05) is 26.2 Å². The fraction of sp³-hybridized carbons (Fsp3) is 0.923. The molecule has 2 rings (SSSR count). The summed E-state index contributed by atoms with van der Waals surface area (Å²) in [6.45, 7) is 4.24. The second-order valence-electron chi connectivity index (χ2n) is 5.65. The zero-order valence-corrected chi connectivity index (χ0v) is 15.8. The van der Waals surface area contributed by atoms with Gasteiger partial charge in [0.2, 0.25) is 0 Å². The van der Waals surface area contributed by atoms with Gasteiger partial charge in [-0.3, -0.25) is 4.99 Å². The molecular weight excluding hydrogens is 403 g/mol. The molecule has 8 heteroatoms. The standard InChI is InChI=1S/C13H26N4O2S.HI/c1-14-13(16-12-5-10-20(18,19)11-12)15-6-9-17-7-3-2-4-8-17;/h12H,2-11H2,1H3,(H2,14,15,16);1H. The maximum absolute atomic E-state index is 11.4. The summed E-state index contributed by atoms with van der Waals surface area (Å²) in [7, 11) is -1.12. The van der Waals surface area contributed by atoms with Gasteiger partial charge in [0.1, 0.15) is 0 Å². The summed E-state index contributed by atoms with van der Waals surface area (Å²) < 4.78 is 22.8. The number of aliphatic imine (C=N–C) groups is 1. The molecule has 2 N–H and O–H groups in total. The molecule has 0 spiro atoms. The number of nitrogens with zero attached hydrogens (tertiary/aromatic N) is 2. The van der Waals surface area contributed by atoms with E-state index in [1.165, 1.54) is 32.4 Å². The fourth-order valence-electron chi connectivity index (χ4n) is 2.81. The monoisotopic (exact) mass is 430 g/mol. The molecule has 6 nitrogen and oxygen atoms in total. The van der Waals surface area contributed by atoms with Crippen LogP contribution in [0.2, 0.25) is 0 Å². The Morgan fingerprint density at radius 2 is 2.00 bits per heavy atom. The first-order chi connectivity index (χ1) is 9.59. The topological polar surface area (TPSA) is 73.8 Å². The van der Waals surface area contributed by atoms with Gasteiger partial charge in [-0.05, 0) is 32.4 Å². The maximum Gasteiger partial charge on any atom is 0.191 e. The minimum Gasteiger partial charge on any atom is -0.355 e. The molecule has 2 saturated heterocycles. The highest BCUT2D eigenvalue weighted by Crippen LogP contribution is 2.11. The number of rotatable bonds is 4. The summed E-state index contributed by atoms with van der Waals surface area (Å²) in [5.41, 5.74) is 0. The third-order valence-corrected chi connectivity index (χ3v) is 5.73. The molecule has 2 aliphatic rings. The predicted octanol–water partition coefficient (Wildman–Crippen LogP) is 0.442. The quantitative estimate of drug-likeness (QED) is 0.385. The summed E-state index contributed by atoms with van der Waals surface area (Å²) >= 11 is 0. The van der Waals surface area contributed by atoms with Crippen LogP contribution in [0.4, 0.5) is 0 Å². The van der Waals surface area contributed by atoms with Crippen molar-refractivity contribution in [3.8, 4) is 0 Å². The molecule has 0 aromatic carbocycles. The van der Waals surface area contributed by atoms with Crippen molar-refractivity contribution in [1.29, 1.82) is 0 Å². The Balaban J connectivity index is 0.00000220. The number of sulfone groups is 1. The van der Waals surface area contributed by atoms with Crippen LogP contribution in [0.25, 0.3) is 0 Å². The van der Waals surface area contributed by atoms with Crippen molar-refractivity contribution in [3.05, 3.63) is 0 Å². The van der Waals surface area contributed by atoms with Gasteiger partial charge in [-0.1, -0.05) is 6.42 Å². The Morgan fingerprint density at radius 3 is 2.57 bits per heavy atom. The molecule has 0 saturated carbocycles. The van der Waals surface area contributed by atoms with E-state index < -0.39 is 9.84 Å². The first-order valence-corrected chi connectivity index (χ1v) is 9.31. The van der Waals surface area contributed by atoms with Gasteiger partial charge in [-0.25, -0.2) is 8.42 Å². The van der Waals surface area contributed by atoms with Gasteiger partial charge >= 0.3 is 0 Å². The van der Waals surface area contributed by atoms with Crippen LogP contribution < -0.4 is 10.6 Å². The van der Waals surface area contributed by atoms with E-state index in [2.05, 4.69) is 20.5 Å². The van der Waals surface area contributed by atoms with Gasteiger partial charge in [0.25, 0.3) is 0 Å². The van der Waals surface area contributed by atoms with Gasteiger partial charge in [-0.2, -0.15) is 0 Å².